The molecule has 0 radical (unpaired) electrons. The monoisotopic (exact) mass is 311 g/mol. The second-order valence-corrected chi connectivity index (χ2v) is 4.76. The van der Waals surface area contributed by atoms with Gasteiger partial charge in [0.05, 0.1) is 24.0 Å². The molecule has 0 unspecified atom stereocenters. The van der Waals surface area contributed by atoms with E-state index in [9.17, 15) is 0 Å². The van der Waals surface area contributed by atoms with E-state index in [1.54, 1.807) is 18.0 Å². The van der Waals surface area contributed by atoms with Crippen LogP contribution in [0, 0.1) is 0 Å². The third-order valence-corrected chi connectivity index (χ3v) is 2.96. The van der Waals surface area contributed by atoms with Crippen LogP contribution in [0.2, 0.25) is 0 Å². The van der Waals surface area contributed by atoms with Crippen LogP contribution < -0.4 is 9.64 Å². The van der Waals surface area contributed by atoms with Gasteiger partial charge in [-0.1, -0.05) is 0 Å². The van der Waals surface area contributed by atoms with Crippen LogP contribution in [0.25, 0.3) is 0 Å². The Morgan fingerprint density at radius 2 is 2.22 bits per heavy atom. The highest BCUT2D eigenvalue weighted by atomic mass is 79.9. The molecule has 2 aromatic heterocycles. The van der Waals surface area contributed by atoms with Crippen LogP contribution in [0.15, 0.2) is 23.1 Å². The molecule has 0 aliphatic rings. The van der Waals surface area contributed by atoms with Crippen molar-refractivity contribution in [2.24, 2.45) is 7.05 Å². The van der Waals surface area contributed by atoms with Crippen LogP contribution in [-0.4, -0.2) is 33.9 Å². The molecule has 7 heteroatoms. The van der Waals surface area contributed by atoms with Crippen molar-refractivity contribution in [2.45, 2.75) is 6.54 Å². The molecular formula is C11H14BrN5O. The Hall–Kier alpha value is -1.63. The predicted octanol–water partition coefficient (Wildman–Crippen LogP) is 1.62. The fourth-order valence-corrected chi connectivity index (χ4v) is 1.92. The Morgan fingerprint density at radius 1 is 1.44 bits per heavy atom. The van der Waals surface area contributed by atoms with Crippen molar-refractivity contribution in [2.75, 3.05) is 19.1 Å². The lowest BCUT2D eigenvalue weighted by Crippen LogP contribution is -2.19. The molecule has 0 spiro atoms. The Morgan fingerprint density at radius 3 is 2.83 bits per heavy atom. The van der Waals surface area contributed by atoms with Crippen molar-refractivity contribution in [3.8, 4) is 5.88 Å². The zero-order valence-corrected chi connectivity index (χ0v) is 12.0. The average Bonchev–Trinajstić information content (AvgIpc) is 2.75. The second-order valence-electron chi connectivity index (χ2n) is 3.91. The van der Waals surface area contributed by atoms with Gasteiger partial charge in [-0.2, -0.15) is 10.1 Å². The van der Waals surface area contributed by atoms with E-state index in [0.29, 0.717) is 18.4 Å². The molecule has 2 rings (SSSR count). The lowest BCUT2D eigenvalue weighted by atomic mass is 10.3. The molecule has 2 aromatic rings. The van der Waals surface area contributed by atoms with Crippen LogP contribution in [0.3, 0.4) is 0 Å². The quantitative estimate of drug-likeness (QED) is 0.859. The van der Waals surface area contributed by atoms with Gasteiger partial charge in [0.2, 0.25) is 11.8 Å². The number of ether oxygens (including phenoxy) is 1. The van der Waals surface area contributed by atoms with Crippen molar-refractivity contribution in [1.82, 2.24) is 19.7 Å². The van der Waals surface area contributed by atoms with E-state index >= 15 is 0 Å². The van der Waals surface area contributed by atoms with Gasteiger partial charge >= 0.3 is 0 Å². The Balaban J connectivity index is 2.15. The molecule has 0 atom stereocenters. The van der Waals surface area contributed by atoms with Crippen LogP contribution in [0.4, 0.5) is 5.95 Å². The number of aromatic nitrogens is 4. The maximum Gasteiger partial charge on any atom is 0.232 e. The molecule has 18 heavy (non-hydrogen) atoms. The van der Waals surface area contributed by atoms with Crippen molar-refractivity contribution in [3.05, 3.63) is 28.6 Å². The Labute approximate surface area is 114 Å². The van der Waals surface area contributed by atoms with Gasteiger partial charge < -0.3 is 9.64 Å². The Kier molecular flexibility index (Phi) is 3.81. The number of hydrogen-bond donors (Lipinski definition) is 0. The first-order valence-electron chi connectivity index (χ1n) is 5.35. The first kappa shape index (κ1) is 12.8. The van der Waals surface area contributed by atoms with E-state index in [0.717, 1.165) is 10.0 Å². The second kappa shape index (κ2) is 5.34. The third-order valence-electron chi connectivity index (χ3n) is 2.41. The molecule has 0 N–H and O–H groups in total. The molecule has 0 aliphatic carbocycles. The van der Waals surface area contributed by atoms with E-state index in [4.69, 9.17) is 4.74 Å². The molecule has 96 valence electrons. The van der Waals surface area contributed by atoms with Crippen molar-refractivity contribution < 1.29 is 4.74 Å². The number of anilines is 1. The van der Waals surface area contributed by atoms with E-state index in [1.165, 1.54) is 0 Å². The lowest BCUT2D eigenvalue weighted by molar-refractivity contribution is 0.394. The summed E-state index contributed by atoms with van der Waals surface area (Å²) in [6.07, 6.45) is 5.47. The minimum absolute atomic E-state index is 0.526. The van der Waals surface area contributed by atoms with Crippen LogP contribution in [0.1, 0.15) is 5.56 Å². The van der Waals surface area contributed by atoms with E-state index in [2.05, 4.69) is 31.0 Å². The van der Waals surface area contributed by atoms with Gasteiger partial charge in [-0.05, 0) is 15.9 Å². The van der Waals surface area contributed by atoms with Crippen molar-refractivity contribution in [3.63, 3.8) is 0 Å². The molecule has 0 amide bonds. The number of aryl methyl sites for hydroxylation is 1. The lowest BCUT2D eigenvalue weighted by Gasteiger charge is -2.16. The molecule has 0 saturated heterocycles. The highest BCUT2D eigenvalue weighted by Gasteiger charge is 2.10. The summed E-state index contributed by atoms with van der Waals surface area (Å²) < 4.78 is 7.66. The number of nitrogens with zero attached hydrogens (tertiary/aromatic N) is 5. The third kappa shape index (κ3) is 2.79. The first-order chi connectivity index (χ1) is 8.60. The summed E-state index contributed by atoms with van der Waals surface area (Å²) in [5.41, 5.74) is 1.10. The SMILES string of the molecule is COc1nc(N(C)Cc2cnn(C)c2)ncc1Br. The standard InChI is InChI=1S/C11H14BrN5O/c1-16(6-8-4-14-17(2)7-8)11-13-5-9(12)10(15-11)18-3/h4-5,7H,6H2,1-3H3. The largest absolute Gasteiger partial charge is 0.480 e. The molecule has 0 saturated carbocycles. The van der Waals surface area contributed by atoms with Gasteiger partial charge in [-0.25, -0.2) is 4.98 Å². The number of rotatable bonds is 4. The first-order valence-corrected chi connectivity index (χ1v) is 6.14. The maximum atomic E-state index is 5.15. The van der Waals surface area contributed by atoms with Gasteiger partial charge in [0.25, 0.3) is 0 Å². The topological polar surface area (TPSA) is 56.1 Å². The van der Waals surface area contributed by atoms with Gasteiger partial charge in [0.1, 0.15) is 0 Å². The fraction of sp³-hybridized carbons (Fsp3) is 0.364. The van der Waals surface area contributed by atoms with Crippen molar-refractivity contribution in [1.29, 1.82) is 0 Å². The fourth-order valence-electron chi connectivity index (χ4n) is 1.57. The molecule has 2 heterocycles. The molecule has 6 nitrogen and oxygen atoms in total. The minimum atomic E-state index is 0.526. The maximum absolute atomic E-state index is 5.15. The van der Waals surface area contributed by atoms with Gasteiger partial charge in [-0.15, -0.1) is 0 Å². The number of methoxy groups -OCH3 is 1. The zero-order valence-electron chi connectivity index (χ0n) is 10.5. The predicted molar refractivity (Wildman–Crippen MR) is 71.6 cm³/mol. The summed E-state index contributed by atoms with van der Waals surface area (Å²) in [5, 5.41) is 4.13. The molecule has 0 aromatic carbocycles. The summed E-state index contributed by atoms with van der Waals surface area (Å²) >= 11 is 3.33. The normalized spacial score (nSPS) is 10.4. The zero-order chi connectivity index (χ0) is 13.1. The van der Waals surface area contributed by atoms with Crippen LogP contribution in [-0.2, 0) is 13.6 Å². The summed E-state index contributed by atoms with van der Waals surface area (Å²) in [6.45, 7) is 0.693. The van der Waals surface area contributed by atoms with Crippen molar-refractivity contribution >= 4 is 21.9 Å². The van der Waals surface area contributed by atoms with E-state index in [1.807, 2.05) is 31.4 Å². The van der Waals surface area contributed by atoms with E-state index < -0.39 is 0 Å². The number of hydrogen-bond acceptors (Lipinski definition) is 5. The number of halogens is 1. The smallest absolute Gasteiger partial charge is 0.232 e. The van der Waals surface area contributed by atoms with Gasteiger partial charge in [0.15, 0.2) is 0 Å². The van der Waals surface area contributed by atoms with E-state index in [-0.39, 0.29) is 0 Å². The summed E-state index contributed by atoms with van der Waals surface area (Å²) in [5.74, 6) is 1.14. The highest BCUT2D eigenvalue weighted by molar-refractivity contribution is 9.10. The van der Waals surface area contributed by atoms with Gasteiger partial charge in [0, 0.05) is 32.4 Å². The summed E-state index contributed by atoms with van der Waals surface area (Å²) in [4.78, 5) is 10.5. The Bertz CT molecular complexity index is 542. The highest BCUT2D eigenvalue weighted by Crippen LogP contribution is 2.23. The molecule has 0 fully saturated rings. The molecular weight excluding hydrogens is 298 g/mol. The minimum Gasteiger partial charge on any atom is -0.480 e. The average molecular weight is 312 g/mol. The molecule has 0 aliphatic heterocycles. The molecule has 0 bridgehead atoms. The summed E-state index contributed by atoms with van der Waals surface area (Å²) in [6, 6.07) is 0. The summed E-state index contributed by atoms with van der Waals surface area (Å²) in [7, 11) is 5.40. The van der Waals surface area contributed by atoms with Crippen LogP contribution >= 0.6 is 15.9 Å². The van der Waals surface area contributed by atoms with Gasteiger partial charge in [-0.3, -0.25) is 4.68 Å². The van der Waals surface area contributed by atoms with Crippen LogP contribution in [0.5, 0.6) is 5.88 Å².